The Morgan fingerprint density at radius 1 is 1.04 bits per heavy atom. The monoisotopic (exact) mass is 364 g/mol. The van der Waals surface area contributed by atoms with Crippen molar-refractivity contribution < 1.29 is 9.53 Å². The number of nitrogens with zero attached hydrogens (tertiary/aromatic N) is 2. The van der Waals surface area contributed by atoms with Crippen molar-refractivity contribution in [2.24, 2.45) is 17.8 Å². The summed E-state index contributed by atoms with van der Waals surface area (Å²) in [7, 11) is 1.98. The molecular formula is C22H40N2O2. The highest BCUT2D eigenvalue weighted by molar-refractivity contribution is 5.68. The molecule has 1 aliphatic heterocycles. The van der Waals surface area contributed by atoms with Gasteiger partial charge in [0.2, 0.25) is 0 Å². The van der Waals surface area contributed by atoms with Gasteiger partial charge in [0.15, 0.2) is 0 Å². The molecule has 3 rings (SSSR count). The molecule has 0 unspecified atom stereocenters. The standard InChI is InChI=1S/C22H40N2O2/c1-16(2)18-12-11-17(3)15-21(18)26-22(25)23(4)19-9-5-6-10-20(19)24-13-7-8-14-24/h16-21H,5-15H2,1-4H3/t17-,18+,19-,20-,21-/m1/s1. The maximum Gasteiger partial charge on any atom is 0.410 e. The molecule has 3 fully saturated rings. The molecule has 0 aromatic heterocycles. The van der Waals surface area contributed by atoms with E-state index in [1.54, 1.807) is 0 Å². The summed E-state index contributed by atoms with van der Waals surface area (Å²) in [5.41, 5.74) is 0. The lowest BCUT2D eigenvalue weighted by Gasteiger charge is -2.43. The van der Waals surface area contributed by atoms with E-state index < -0.39 is 0 Å². The highest BCUT2D eigenvalue weighted by atomic mass is 16.6. The van der Waals surface area contributed by atoms with Crippen LogP contribution >= 0.6 is 0 Å². The summed E-state index contributed by atoms with van der Waals surface area (Å²) in [6.07, 6.45) is 11.0. The van der Waals surface area contributed by atoms with E-state index >= 15 is 0 Å². The highest BCUT2D eigenvalue weighted by Gasteiger charge is 2.38. The molecule has 4 heteroatoms. The second kappa shape index (κ2) is 8.95. The van der Waals surface area contributed by atoms with Crippen LogP contribution < -0.4 is 0 Å². The van der Waals surface area contributed by atoms with E-state index in [0.29, 0.717) is 29.8 Å². The fourth-order valence-electron chi connectivity index (χ4n) is 5.64. The first-order chi connectivity index (χ1) is 12.5. The third kappa shape index (κ3) is 4.55. The number of carbonyl (C=O) groups is 1. The summed E-state index contributed by atoms with van der Waals surface area (Å²) in [6.45, 7) is 9.26. The number of rotatable bonds is 4. The number of hydrogen-bond donors (Lipinski definition) is 0. The Morgan fingerprint density at radius 2 is 1.73 bits per heavy atom. The number of carbonyl (C=O) groups excluding carboxylic acids is 1. The minimum atomic E-state index is -0.0779. The molecule has 4 nitrogen and oxygen atoms in total. The molecule has 1 saturated heterocycles. The summed E-state index contributed by atoms with van der Waals surface area (Å²) in [5.74, 6) is 1.77. The third-order valence-corrected chi connectivity index (χ3v) is 7.30. The van der Waals surface area contributed by atoms with Crippen molar-refractivity contribution in [2.75, 3.05) is 20.1 Å². The smallest absolute Gasteiger partial charge is 0.410 e. The van der Waals surface area contributed by atoms with Crippen LogP contribution in [-0.4, -0.2) is 54.2 Å². The normalized spacial score (nSPS) is 36.3. The van der Waals surface area contributed by atoms with Crippen LogP contribution in [0.1, 0.15) is 78.6 Å². The Morgan fingerprint density at radius 3 is 2.42 bits per heavy atom. The summed E-state index contributed by atoms with van der Waals surface area (Å²) >= 11 is 0. The third-order valence-electron chi connectivity index (χ3n) is 7.30. The van der Waals surface area contributed by atoms with Crippen molar-refractivity contribution in [3.05, 3.63) is 0 Å². The van der Waals surface area contributed by atoms with Crippen molar-refractivity contribution in [1.82, 2.24) is 9.80 Å². The number of hydrogen-bond acceptors (Lipinski definition) is 3. The molecule has 3 aliphatic rings. The molecule has 5 atom stereocenters. The Bertz CT molecular complexity index is 461. The Hall–Kier alpha value is -0.770. The average Bonchev–Trinajstić information content (AvgIpc) is 3.15. The first-order valence-electron chi connectivity index (χ1n) is 11.1. The molecule has 150 valence electrons. The van der Waals surface area contributed by atoms with Gasteiger partial charge in [0.05, 0.1) is 6.04 Å². The zero-order valence-electron chi connectivity index (χ0n) is 17.5. The van der Waals surface area contributed by atoms with E-state index in [9.17, 15) is 4.79 Å². The Kier molecular flexibility index (Phi) is 6.87. The number of likely N-dealkylation sites (tertiary alicyclic amines) is 1. The molecule has 26 heavy (non-hydrogen) atoms. The van der Waals surface area contributed by atoms with Gasteiger partial charge in [-0.3, -0.25) is 4.90 Å². The zero-order chi connectivity index (χ0) is 18.7. The predicted molar refractivity (Wildman–Crippen MR) is 106 cm³/mol. The van der Waals surface area contributed by atoms with E-state index in [2.05, 4.69) is 25.7 Å². The fraction of sp³-hybridized carbons (Fsp3) is 0.955. The van der Waals surface area contributed by atoms with Gasteiger partial charge in [0, 0.05) is 13.1 Å². The summed E-state index contributed by atoms with van der Waals surface area (Å²) < 4.78 is 6.13. The quantitative estimate of drug-likeness (QED) is 0.709. The van der Waals surface area contributed by atoms with E-state index in [-0.39, 0.29) is 12.2 Å². The van der Waals surface area contributed by atoms with Crippen LogP contribution in [0.5, 0.6) is 0 Å². The van der Waals surface area contributed by atoms with Gasteiger partial charge in [-0.1, -0.05) is 40.0 Å². The first kappa shape index (κ1) is 20.0. The molecule has 2 aliphatic carbocycles. The molecule has 0 aromatic carbocycles. The maximum absolute atomic E-state index is 13.0. The largest absolute Gasteiger partial charge is 0.446 e. The predicted octanol–water partition coefficient (Wildman–Crippen LogP) is 4.92. The maximum atomic E-state index is 13.0. The van der Waals surface area contributed by atoms with Crippen molar-refractivity contribution >= 4 is 6.09 Å². The molecule has 0 bridgehead atoms. The molecular weight excluding hydrogens is 324 g/mol. The molecule has 1 amide bonds. The fourth-order valence-corrected chi connectivity index (χ4v) is 5.64. The highest BCUT2D eigenvalue weighted by Crippen LogP contribution is 2.36. The topological polar surface area (TPSA) is 32.8 Å². The molecule has 2 saturated carbocycles. The zero-order valence-corrected chi connectivity index (χ0v) is 17.5. The van der Waals surface area contributed by atoms with Crippen LogP contribution in [0.25, 0.3) is 0 Å². The SMILES string of the molecule is CC(C)[C@@H]1CC[C@@H](C)C[C@H]1OC(=O)N(C)[C@@H]1CCCC[C@H]1N1CCCC1. The van der Waals surface area contributed by atoms with Crippen LogP contribution in [0.4, 0.5) is 4.79 Å². The van der Waals surface area contributed by atoms with Gasteiger partial charge < -0.3 is 9.64 Å². The van der Waals surface area contributed by atoms with Gasteiger partial charge >= 0.3 is 6.09 Å². The average molecular weight is 365 g/mol. The van der Waals surface area contributed by atoms with Crippen molar-refractivity contribution in [3.8, 4) is 0 Å². The number of likely N-dealkylation sites (N-methyl/N-ethyl adjacent to an activating group) is 1. The summed E-state index contributed by atoms with van der Waals surface area (Å²) in [4.78, 5) is 17.6. The number of ether oxygens (including phenoxy) is 1. The lowest BCUT2D eigenvalue weighted by atomic mass is 9.75. The van der Waals surface area contributed by atoms with E-state index in [1.165, 1.54) is 58.0 Å². The second-order valence-corrected chi connectivity index (χ2v) is 9.52. The minimum absolute atomic E-state index is 0.0779. The van der Waals surface area contributed by atoms with Crippen LogP contribution in [0, 0.1) is 17.8 Å². The van der Waals surface area contributed by atoms with E-state index in [0.717, 1.165) is 12.8 Å². The van der Waals surface area contributed by atoms with Crippen molar-refractivity contribution in [2.45, 2.75) is 96.7 Å². The van der Waals surface area contributed by atoms with Crippen molar-refractivity contribution in [3.63, 3.8) is 0 Å². The molecule has 0 aromatic rings. The lowest BCUT2D eigenvalue weighted by Crippen LogP contribution is -2.54. The van der Waals surface area contributed by atoms with Gasteiger partial charge in [-0.2, -0.15) is 0 Å². The molecule has 0 N–H and O–H groups in total. The van der Waals surface area contributed by atoms with Crippen molar-refractivity contribution in [1.29, 1.82) is 0 Å². The molecule has 0 radical (unpaired) electrons. The lowest BCUT2D eigenvalue weighted by molar-refractivity contribution is -0.0205. The Labute approximate surface area is 160 Å². The van der Waals surface area contributed by atoms with Crippen LogP contribution in [0.2, 0.25) is 0 Å². The molecule has 1 heterocycles. The summed E-state index contributed by atoms with van der Waals surface area (Å²) in [5, 5.41) is 0. The van der Waals surface area contributed by atoms with Gasteiger partial charge in [-0.15, -0.1) is 0 Å². The van der Waals surface area contributed by atoms with Gasteiger partial charge in [0.1, 0.15) is 6.10 Å². The number of amides is 1. The minimum Gasteiger partial charge on any atom is -0.446 e. The van der Waals surface area contributed by atoms with E-state index in [1.807, 2.05) is 11.9 Å². The van der Waals surface area contributed by atoms with E-state index in [4.69, 9.17) is 4.74 Å². The van der Waals surface area contributed by atoms with Crippen LogP contribution in [0.15, 0.2) is 0 Å². The van der Waals surface area contributed by atoms with Crippen LogP contribution in [0.3, 0.4) is 0 Å². The summed E-state index contributed by atoms with van der Waals surface area (Å²) in [6, 6.07) is 0.864. The van der Waals surface area contributed by atoms with Gasteiger partial charge in [-0.25, -0.2) is 4.79 Å². The van der Waals surface area contributed by atoms with Gasteiger partial charge in [-0.05, 0) is 69.4 Å². The first-order valence-corrected chi connectivity index (χ1v) is 11.1. The molecule has 0 spiro atoms. The second-order valence-electron chi connectivity index (χ2n) is 9.52. The van der Waals surface area contributed by atoms with Gasteiger partial charge in [0.25, 0.3) is 0 Å². The Balaban J connectivity index is 1.63. The van der Waals surface area contributed by atoms with Crippen LogP contribution in [-0.2, 0) is 4.74 Å².